The Morgan fingerprint density at radius 3 is 2.42 bits per heavy atom. The van der Waals surface area contributed by atoms with Gasteiger partial charge in [-0.1, -0.05) is 30.3 Å². The highest BCUT2D eigenvalue weighted by atomic mass is 32.2. The molecule has 1 heterocycles. The zero-order valence-electron chi connectivity index (χ0n) is 23.2. The predicted octanol–water partition coefficient (Wildman–Crippen LogP) is 5.90. The number of aryl methyl sites for hydroxylation is 3. The molecule has 3 aromatic rings. The Balaban J connectivity index is 0.000000477. The maximum Gasteiger partial charge on any atom is 0.306 e. The zero-order valence-corrected chi connectivity index (χ0v) is 24.0. The molecule has 0 spiro atoms. The Morgan fingerprint density at radius 2 is 1.75 bits per heavy atom. The molecule has 3 aliphatic rings. The summed E-state index contributed by atoms with van der Waals surface area (Å²) < 4.78 is 17.8. The van der Waals surface area contributed by atoms with E-state index in [2.05, 4.69) is 54.7 Å². The van der Waals surface area contributed by atoms with Crippen LogP contribution in [0, 0.1) is 12.8 Å². The summed E-state index contributed by atoms with van der Waals surface area (Å²) in [5.74, 6) is 1.32. The van der Waals surface area contributed by atoms with Gasteiger partial charge in [0.25, 0.3) is 0 Å². The molecule has 1 saturated carbocycles. The Kier molecular flexibility index (Phi) is 8.91. The second kappa shape index (κ2) is 12.6. The van der Waals surface area contributed by atoms with Crippen LogP contribution in [0.3, 0.4) is 0 Å². The van der Waals surface area contributed by atoms with Gasteiger partial charge in [-0.05, 0) is 116 Å². The van der Waals surface area contributed by atoms with Gasteiger partial charge in [0.2, 0.25) is 0 Å². The fourth-order valence-corrected chi connectivity index (χ4v) is 6.85. The molecule has 0 bridgehead atoms. The van der Waals surface area contributed by atoms with Crippen LogP contribution in [-0.2, 0) is 35.0 Å². The maximum absolute atomic E-state index is 11.7. The summed E-state index contributed by atoms with van der Waals surface area (Å²) in [5.41, 5.74) is 8.11. The Morgan fingerprint density at radius 1 is 1.02 bits per heavy atom. The highest BCUT2D eigenvalue weighted by Gasteiger charge is 2.33. The molecule has 6 rings (SSSR count). The molecule has 40 heavy (non-hydrogen) atoms. The number of hydrogen-bond donors (Lipinski definition) is 3. The molecule has 0 atom stereocenters. The monoisotopic (exact) mass is 561 g/mol. The summed E-state index contributed by atoms with van der Waals surface area (Å²) in [6.45, 7) is 3.21. The first-order chi connectivity index (χ1) is 19.3. The van der Waals surface area contributed by atoms with Gasteiger partial charge in [-0.3, -0.25) is 9.00 Å². The minimum Gasteiger partial charge on any atom is -0.491 e. The molecule has 0 unspecified atom stereocenters. The average Bonchev–Trinajstić information content (AvgIpc) is 3.81. The van der Waals surface area contributed by atoms with E-state index in [9.17, 15) is 14.1 Å². The standard InChI is InChI=1S/C29H33NO3S.C4H6O2/c1-21-16-26(33-20-29(31)12-14-34(32)15-13-29)18-24-7-5-6-23-11-10-22(17-27(23)28(21)24)19-30-25-8-3-2-4-9-25;5-4(6)3-1-2-3/h2-4,8-11,16-18,30-31H,5-7,12-15,19-20H2,1H3;3H,1-2H2,(H,5,6). The molecule has 0 radical (unpaired) electrons. The van der Waals surface area contributed by atoms with Crippen molar-refractivity contribution in [2.45, 2.75) is 64.0 Å². The van der Waals surface area contributed by atoms with E-state index >= 15 is 0 Å². The number of hydrogen-bond acceptors (Lipinski definition) is 5. The molecule has 0 aromatic heterocycles. The number of nitrogens with one attached hydrogen (secondary N) is 1. The van der Waals surface area contributed by atoms with Crippen LogP contribution in [0.2, 0.25) is 0 Å². The fraction of sp³-hybridized carbons (Fsp3) is 0.424. The van der Waals surface area contributed by atoms with Gasteiger partial charge < -0.3 is 20.3 Å². The number of aliphatic carboxylic acids is 1. The van der Waals surface area contributed by atoms with Crippen molar-refractivity contribution in [2.75, 3.05) is 23.4 Å². The molecular formula is C33H39NO5S. The number of para-hydroxylation sites is 1. The van der Waals surface area contributed by atoms with Crippen molar-refractivity contribution in [1.29, 1.82) is 0 Å². The maximum atomic E-state index is 11.7. The number of carbonyl (C=O) groups is 1. The molecule has 7 heteroatoms. The Labute approximate surface area is 239 Å². The van der Waals surface area contributed by atoms with Crippen LogP contribution < -0.4 is 10.1 Å². The van der Waals surface area contributed by atoms with Crippen molar-refractivity contribution in [2.24, 2.45) is 5.92 Å². The molecule has 3 aromatic carbocycles. The summed E-state index contributed by atoms with van der Waals surface area (Å²) in [4.78, 5) is 9.76. The van der Waals surface area contributed by atoms with Crippen LogP contribution in [-0.4, -0.2) is 44.1 Å². The number of benzene rings is 3. The Bertz CT molecular complexity index is 1360. The first-order valence-corrected chi connectivity index (χ1v) is 15.8. The normalized spacial score (nSPS) is 21.6. The molecule has 1 saturated heterocycles. The fourth-order valence-electron chi connectivity index (χ4n) is 5.43. The van der Waals surface area contributed by atoms with Gasteiger partial charge in [0.05, 0.1) is 5.92 Å². The van der Waals surface area contributed by atoms with Crippen molar-refractivity contribution in [3.05, 3.63) is 82.9 Å². The highest BCUT2D eigenvalue weighted by molar-refractivity contribution is 7.85. The summed E-state index contributed by atoms with van der Waals surface area (Å²) in [5, 5.41) is 22.4. The molecule has 6 nitrogen and oxygen atoms in total. The van der Waals surface area contributed by atoms with E-state index in [1.54, 1.807) is 0 Å². The van der Waals surface area contributed by atoms with Gasteiger partial charge in [0.1, 0.15) is 18.0 Å². The molecule has 1 aliphatic heterocycles. The molecule has 2 fully saturated rings. The lowest BCUT2D eigenvalue weighted by molar-refractivity contribution is -0.138. The van der Waals surface area contributed by atoms with Crippen LogP contribution >= 0.6 is 0 Å². The number of carboxylic acid groups (broad SMARTS) is 1. The summed E-state index contributed by atoms with van der Waals surface area (Å²) in [6.07, 6.45) is 6.07. The first kappa shape index (κ1) is 28.4. The number of fused-ring (bicyclic) bond motifs is 3. The largest absolute Gasteiger partial charge is 0.491 e. The van der Waals surface area contributed by atoms with Crippen LogP contribution in [0.25, 0.3) is 11.1 Å². The van der Waals surface area contributed by atoms with Gasteiger partial charge >= 0.3 is 5.97 Å². The van der Waals surface area contributed by atoms with E-state index in [4.69, 9.17) is 9.84 Å². The van der Waals surface area contributed by atoms with Crippen molar-refractivity contribution >= 4 is 22.5 Å². The zero-order chi connectivity index (χ0) is 28.1. The van der Waals surface area contributed by atoms with Crippen molar-refractivity contribution < 1.29 is 24.0 Å². The minimum absolute atomic E-state index is 0.0185. The second-order valence-electron chi connectivity index (χ2n) is 11.3. The van der Waals surface area contributed by atoms with E-state index < -0.39 is 22.4 Å². The van der Waals surface area contributed by atoms with Crippen LogP contribution in [0.5, 0.6) is 5.75 Å². The van der Waals surface area contributed by atoms with Crippen LogP contribution in [0.1, 0.15) is 54.4 Å². The summed E-state index contributed by atoms with van der Waals surface area (Å²) in [7, 11) is -0.798. The summed E-state index contributed by atoms with van der Waals surface area (Å²) in [6, 6.07) is 21.4. The van der Waals surface area contributed by atoms with Crippen molar-refractivity contribution in [3.8, 4) is 16.9 Å². The van der Waals surface area contributed by atoms with Gasteiger partial charge in [0, 0.05) is 34.5 Å². The lowest BCUT2D eigenvalue weighted by Gasteiger charge is -2.31. The molecular weight excluding hydrogens is 522 g/mol. The van der Waals surface area contributed by atoms with E-state index in [1.807, 2.05) is 18.2 Å². The third kappa shape index (κ3) is 7.32. The third-order valence-electron chi connectivity index (χ3n) is 8.02. The number of rotatable bonds is 7. The Hall–Kier alpha value is -3.16. The molecule has 2 aliphatic carbocycles. The quantitative estimate of drug-likeness (QED) is 0.333. The topological polar surface area (TPSA) is 95.9 Å². The molecule has 3 N–H and O–H groups in total. The van der Waals surface area contributed by atoms with E-state index in [0.29, 0.717) is 24.3 Å². The van der Waals surface area contributed by atoms with Crippen LogP contribution in [0.15, 0.2) is 60.7 Å². The van der Waals surface area contributed by atoms with E-state index in [0.717, 1.165) is 50.1 Å². The average molecular weight is 562 g/mol. The molecule has 0 amide bonds. The van der Waals surface area contributed by atoms with Gasteiger partial charge in [-0.2, -0.15) is 0 Å². The summed E-state index contributed by atoms with van der Waals surface area (Å²) >= 11 is 0. The van der Waals surface area contributed by atoms with Gasteiger partial charge in [0.15, 0.2) is 0 Å². The highest BCUT2D eigenvalue weighted by Crippen LogP contribution is 2.38. The van der Waals surface area contributed by atoms with Crippen LogP contribution in [0.4, 0.5) is 5.69 Å². The SMILES string of the molecule is Cc1cc(OCC2(O)CCS(=O)CC2)cc2c1-c1cc(CNc3ccccc3)ccc1CCC2.O=C(O)C1CC1. The molecule has 212 valence electrons. The first-order valence-electron chi connectivity index (χ1n) is 14.3. The van der Waals surface area contributed by atoms with Gasteiger partial charge in [-0.15, -0.1) is 0 Å². The van der Waals surface area contributed by atoms with Crippen molar-refractivity contribution in [3.63, 3.8) is 0 Å². The minimum atomic E-state index is -0.873. The second-order valence-corrected chi connectivity index (χ2v) is 13.0. The number of carboxylic acids is 1. The lowest BCUT2D eigenvalue weighted by Crippen LogP contribution is -2.42. The van der Waals surface area contributed by atoms with Crippen molar-refractivity contribution in [1.82, 2.24) is 0 Å². The van der Waals surface area contributed by atoms with E-state index in [-0.39, 0.29) is 12.5 Å². The van der Waals surface area contributed by atoms with E-state index in [1.165, 1.54) is 33.4 Å². The van der Waals surface area contributed by atoms with Gasteiger partial charge in [-0.25, -0.2) is 0 Å². The number of ether oxygens (including phenoxy) is 1. The predicted molar refractivity (Wildman–Crippen MR) is 160 cm³/mol. The number of anilines is 1. The third-order valence-corrected chi connectivity index (χ3v) is 9.34. The lowest BCUT2D eigenvalue weighted by atomic mass is 9.91. The smallest absolute Gasteiger partial charge is 0.306 e. The number of aliphatic hydroxyl groups is 1.